The molecule has 1 aromatic heterocycles. The van der Waals surface area contributed by atoms with Gasteiger partial charge in [-0.2, -0.15) is 0 Å². The predicted molar refractivity (Wildman–Crippen MR) is 86.7 cm³/mol. The van der Waals surface area contributed by atoms with Gasteiger partial charge in [-0.15, -0.1) is 0 Å². The number of carbonyl (C=O) groups is 1. The van der Waals surface area contributed by atoms with Crippen LogP contribution in [0.15, 0.2) is 42.5 Å². The van der Waals surface area contributed by atoms with E-state index in [4.69, 9.17) is 0 Å². The van der Waals surface area contributed by atoms with Gasteiger partial charge < -0.3 is 9.88 Å². The van der Waals surface area contributed by atoms with Crippen LogP contribution < -0.4 is 5.32 Å². The number of nitrogens with one attached hydrogen (secondary N) is 1. The minimum atomic E-state index is -0.310. The zero-order valence-electron chi connectivity index (χ0n) is 12.8. The van der Waals surface area contributed by atoms with Gasteiger partial charge in [-0.25, -0.2) is 4.39 Å². The normalized spacial score (nSPS) is 10.9. The quantitative estimate of drug-likeness (QED) is 0.756. The smallest absolute Gasteiger partial charge is 0.272 e. The van der Waals surface area contributed by atoms with Crippen molar-refractivity contribution in [3.63, 3.8) is 0 Å². The predicted octanol–water partition coefficient (Wildman–Crippen LogP) is 4.19. The molecule has 1 amide bonds. The minimum absolute atomic E-state index is 0.201. The number of aryl methyl sites for hydroxylation is 3. The van der Waals surface area contributed by atoms with Crippen LogP contribution in [-0.4, -0.2) is 10.5 Å². The van der Waals surface area contributed by atoms with Crippen LogP contribution in [0.3, 0.4) is 0 Å². The molecular formula is C18H17FN2O. The number of anilines is 1. The van der Waals surface area contributed by atoms with Crippen LogP contribution in [0.25, 0.3) is 10.9 Å². The number of fused-ring (bicyclic) bond motifs is 1. The number of aromatic nitrogens is 1. The van der Waals surface area contributed by atoms with E-state index in [1.165, 1.54) is 12.1 Å². The number of carbonyl (C=O) groups excluding carboxylic acids is 1. The number of halogens is 1. The molecule has 0 saturated heterocycles. The van der Waals surface area contributed by atoms with E-state index in [0.717, 1.165) is 22.2 Å². The van der Waals surface area contributed by atoms with Gasteiger partial charge in [0.25, 0.3) is 5.91 Å². The average molecular weight is 296 g/mol. The summed E-state index contributed by atoms with van der Waals surface area (Å²) in [5, 5.41) is 3.77. The second-order valence-corrected chi connectivity index (χ2v) is 5.56. The van der Waals surface area contributed by atoms with E-state index in [9.17, 15) is 9.18 Å². The Morgan fingerprint density at radius 2 is 1.86 bits per heavy atom. The topological polar surface area (TPSA) is 34.0 Å². The first-order valence-corrected chi connectivity index (χ1v) is 7.09. The fourth-order valence-electron chi connectivity index (χ4n) is 2.58. The summed E-state index contributed by atoms with van der Waals surface area (Å²) in [6.07, 6.45) is 0. The maximum absolute atomic E-state index is 13.4. The van der Waals surface area contributed by atoms with Gasteiger partial charge in [0.2, 0.25) is 0 Å². The zero-order chi connectivity index (χ0) is 15.9. The number of hydrogen-bond acceptors (Lipinski definition) is 1. The Bertz CT molecular complexity index is 880. The van der Waals surface area contributed by atoms with Crippen LogP contribution >= 0.6 is 0 Å². The molecule has 112 valence electrons. The maximum atomic E-state index is 13.4. The zero-order valence-corrected chi connectivity index (χ0v) is 12.8. The van der Waals surface area contributed by atoms with Crippen molar-refractivity contribution in [1.29, 1.82) is 0 Å². The van der Waals surface area contributed by atoms with Crippen molar-refractivity contribution in [3.05, 3.63) is 65.1 Å². The Morgan fingerprint density at radius 1 is 1.09 bits per heavy atom. The Labute approximate surface area is 128 Å². The molecule has 0 bridgehead atoms. The molecule has 0 fully saturated rings. The highest BCUT2D eigenvalue weighted by Crippen LogP contribution is 2.22. The Balaban J connectivity index is 1.99. The van der Waals surface area contributed by atoms with Crippen LogP contribution in [0.5, 0.6) is 0 Å². The highest BCUT2D eigenvalue weighted by molar-refractivity contribution is 6.06. The molecule has 1 heterocycles. The molecule has 2 aromatic carbocycles. The number of rotatable bonds is 2. The molecule has 3 rings (SSSR count). The molecule has 4 heteroatoms. The fraction of sp³-hybridized carbons (Fsp3) is 0.167. The van der Waals surface area contributed by atoms with E-state index in [0.29, 0.717) is 11.2 Å². The van der Waals surface area contributed by atoms with Crippen LogP contribution in [0.4, 0.5) is 10.1 Å². The first-order chi connectivity index (χ1) is 10.5. The lowest BCUT2D eigenvalue weighted by atomic mass is 10.1. The lowest BCUT2D eigenvalue weighted by Crippen LogP contribution is -2.16. The second kappa shape index (κ2) is 5.30. The van der Waals surface area contributed by atoms with E-state index in [-0.39, 0.29) is 11.7 Å². The third-order valence-electron chi connectivity index (χ3n) is 3.88. The molecule has 1 N–H and O–H groups in total. The first kappa shape index (κ1) is 14.3. The van der Waals surface area contributed by atoms with Crippen molar-refractivity contribution in [3.8, 4) is 0 Å². The average Bonchev–Trinajstić information content (AvgIpc) is 2.80. The maximum Gasteiger partial charge on any atom is 0.272 e. The number of amides is 1. The van der Waals surface area contributed by atoms with Gasteiger partial charge in [-0.1, -0.05) is 12.1 Å². The van der Waals surface area contributed by atoms with E-state index < -0.39 is 0 Å². The van der Waals surface area contributed by atoms with Gasteiger partial charge in [0.1, 0.15) is 11.5 Å². The van der Waals surface area contributed by atoms with Crippen LogP contribution in [-0.2, 0) is 7.05 Å². The number of benzene rings is 2. The summed E-state index contributed by atoms with van der Waals surface area (Å²) in [7, 11) is 1.76. The van der Waals surface area contributed by atoms with Gasteiger partial charge in [-0.3, -0.25) is 4.79 Å². The Kier molecular flexibility index (Phi) is 3.45. The van der Waals surface area contributed by atoms with Gasteiger partial charge >= 0.3 is 0 Å². The molecule has 22 heavy (non-hydrogen) atoms. The summed E-state index contributed by atoms with van der Waals surface area (Å²) >= 11 is 0. The standard InChI is InChI=1S/C18H17FN2O/c1-11-4-5-12(2)15(8-11)20-18(22)17-9-13-6-7-14(19)10-16(13)21(17)3/h4-10H,1-3H3,(H,20,22). The lowest BCUT2D eigenvalue weighted by molar-refractivity contribution is 0.101. The molecule has 0 radical (unpaired) electrons. The molecule has 0 aliphatic rings. The molecule has 0 aliphatic heterocycles. The first-order valence-electron chi connectivity index (χ1n) is 7.09. The van der Waals surface area contributed by atoms with E-state index >= 15 is 0 Å². The summed E-state index contributed by atoms with van der Waals surface area (Å²) in [6.45, 7) is 3.93. The van der Waals surface area contributed by atoms with E-state index in [2.05, 4.69) is 5.32 Å². The van der Waals surface area contributed by atoms with Crippen molar-refractivity contribution in [2.45, 2.75) is 13.8 Å². The molecule has 0 unspecified atom stereocenters. The van der Waals surface area contributed by atoms with E-state index in [1.54, 1.807) is 23.7 Å². The molecule has 0 atom stereocenters. The minimum Gasteiger partial charge on any atom is -0.340 e. The Morgan fingerprint density at radius 3 is 2.64 bits per heavy atom. The second-order valence-electron chi connectivity index (χ2n) is 5.56. The summed E-state index contributed by atoms with van der Waals surface area (Å²) < 4.78 is 15.1. The molecule has 3 aromatic rings. The largest absolute Gasteiger partial charge is 0.340 e. The summed E-state index contributed by atoms with van der Waals surface area (Å²) in [5.74, 6) is -0.511. The van der Waals surface area contributed by atoms with Crippen molar-refractivity contribution in [1.82, 2.24) is 4.57 Å². The van der Waals surface area contributed by atoms with Crippen LogP contribution in [0, 0.1) is 19.7 Å². The number of hydrogen-bond donors (Lipinski definition) is 1. The van der Waals surface area contributed by atoms with Crippen molar-refractivity contribution >= 4 is 22.5 Å². The monoisotopic (exact) mass is 296 g/mol. The van der Waals surface area contributed by atoms with Crippen molar-refractivity contribution in [2.75, 3.05) is 5.32 Å². The van der Waals surface area contributed by atoms with Gasteiger partial charge in [0.15, 0.2) is 0 Å². The van der Waals surface area contributed by atoms with Crippen molar-refractivity contribution in [2.24, 2.45) is 7.05 Å². The highest BCUT2D eigenvalue weighted by atomic mass is 19.1. The molecule has 0 aliphatic carbocycles. The summed E-state index contributed by atoms with van der Waals surface area (Å²) in [4.78, 5) is 12.5. The van der Waals surface area contributed by atoms with E-state index in [1.807, 2.05) is 32.0 Å². The summed E-state index contributed by atoms with van der Waals surface area (Å²) in [5.41, 5.74) is 4.08. The third-order valence-corrected chi connectivity index (χ3v) is 3.88. The third kappa shape index (κ3) is 2.48. The highest BCUT2D eigenvalue weighted by Gasteiger charge is 2.14. The lowest BCUT2D eigenvalue weighted by Gasteiger charge is -2.10. The van der Waals surface area contributed by atoms with Crippen molar-refractivity contribution < 1.29 is 9.18 Å². The SMILES string of the molecule is Cc1ccc(C)c(NC(=O)c2cc3ccc(F)cc3n2C)c1. The molecule has 0 spiro atoms. The number of nitrogens with zero attached hydrogens (tertiary/aromatic N) is 1. The molecule has 0 saturated carbocycles. The molecular weight excluding hydrogens is 279 g/mol. The summed E-state index contributed by atoms with van der Waals surface area (Å²) in [6, 6.07) is 12.2. The Hall–Kier alpha value is -2.62. The van der Waals surface area contributed by atoms with Crippen LogP contribution in [0.2, 0.25) is 0 Å². The van der Waals surface area contributed by atoms with Gasteiger partial charge in [0, 0.05) is 18.1 Å². The van der Waals surface area contributed by atoms with Gasteiger partial charge in [-0.05, 0) is 55.3 Å². The van der Waals surface area contributed by atoms with Gasteiger partial charge in [0.05, 0.1) is 5.52 Å². The molecule has 3 nitrogen and oxygen atoms in total. The van der Waals surface area contributed by atoms with Crippen LogP contribution in [0.1, 0.15) is 21.6 Å². The fourth-order valence-corrected chi connectivity index (χ4v) is 2.58.